The van der Waals surface area contributed by atoms with E-state index in [1.54, 1.807) is 36.4 Å². The largest absolute Gasteiger partial charge is 0.490 e. The number of hydrogen-bond acceptors (Lipinski definition) is 4. The van der Waals surface area contributed by atoms with Gasteiger partial charge in [0.25, 0.3) is 11.8 Å². The van der Waals surface area contributed by atoms with Crippen LogP contribution in [0.5, 0.6) is 5.75 Å². The van der Waals surface area contributed by atoms with Crippen LogP contribution in [-0.4, -0.2) is 29.0 Å². The molecule has 8 heteroatoms. The van der Waals surface area contributed by atoms with Crippen molar-refractivity contribution in [3.05, 3.63) is 88.7 Å². The third-order valence-electron chi connectivity index (χ3n) is 5.29. The maximum Gasteiger partial charge on any atom is 0.335 e. The van der Waals surface area contributed by atoms with Crippen molar-refractivity contribution in [1.29, 1.82) is 0 Å². The summed E-state index contributed by atoms with van der Waals surface area (Å²) < 4.78 is 7.58. The summed E-state index contributed by atoms with van der Waals surface area (Å²) in [7, 11) is 0. The molecule has 2 aromatic carbocycles. The van der Waals surface area contributed by atoms with Crippen molar-refractivity contribution in [2.75, 3.05) is 11.5 Å². The fourth-order valence-corrected chi connectivity index (χ4v) is 3.69. The Hall–Kier alpha value is -3.84. The number of nitrogens with zero attached hydrogens (tertiary/aromatic N) is 2. The Bertz CT molecular complexity index is 1230. The summed E-state index contributed by atoms with van der Waals surface area (Å²) in [6.45, 7) is 2.82. The van der Waals surface area contributed by atoms with Gasteiger partial charge < -0.3 is 9.30 Å². The SMILES string of the molecule is CCc1ccc(N2C(=O)NC(=O)/C(=C/c3cccn3CCOc3ccccc3Cl)C2=O)cc1. The maximum absolute atomic E-state index is 13.1. The van der Waals surface area contributed by atoms with Gasteiger partial charge in [-0.3, -0.25) is 14.9 Å². The van der Waals surface area contributed by atoms with Gasteiger partial charge in [0.2, 0.25) is 0 Å². The van der Waals surface area contributed by atoms with Gasteiger partial charge in [-0.15, -0.1) is 0 Å². The topological polar surface area (TPSA) is 80.6 Å². The summed E-state index contributed by atoms with van der Waals surface area (Å²) in [4.78, 5) is 38.9. The van der Waals surface area contributed by atoms with Crippen LogP contribution in [0.2, 0.25) is 5.02 Å². The first-order valence-electron chi connectivity index (χ1n) is 10.5. The second-order valence-electron chi connectivity index (χ2n) is 7.38. The minimum Gasteiger partial charge on any atom is -0.490 e. The lowest BCUT2D eigenvalue weighted by Crippen LogP contribution is -2.54. The van der Waals surface area contributed by atoms with E-state index in [9.17, 15) is 14.4 Å². The molecule has 1 aliphatic heterocycles. The summed E-state index contributed by atoms with van der Waals surface area (Å²) in [6.07, 6.45) is 4.13. The quantitative estimate of drug-likeness (QED) is 0.414. The number of halogens is 1. The third-order valence-corrected chi connectivity index (χ3v) is 5.60. The van der Waals surface area contributed by atoms with Crippen LogP contribution in [-0.2, 0) is 22.6 Å². The monoisotopic (exact) mass is 463 g/mol. The molecule has 4 rings (SSSR count). The standard InChI is InChI=1S/C25H22ClN3O4/c1-2-17-9-11-18(12-10-17)29-24(31)20(23(30)27-25(29)32)16-19-6-5-13-28(19)14-15-33-22-8-4-3-7-21(22)26/h3-13,16H,2,14-15H2,1H3,(H,27,30,32)/b20-16-. The number of urea groups is 1. The number of para-hydroxylation sites is 1. The highest BCUT2D eigenvalue weighted by atomic mass is 35.5. The molecule has 3 aromatic rings. The van der Waals surface area contributed by atoms with Crippen molar-refractivity contribution in [2.24, 2.45) is 0 Å². The lowest BCUT2D eigenvalue weighted by Gasteiger charge is -2.26. The van der Waals surface area contributed by atoms with Crippen LogP contribution in [0.15, 0.2) is 72.4 Å². The third kappa shape index (κ3) is 4.83. The highest BCUT2D eigenvalue weighted by molar-refractivity contribution is 6.39. The number of imide groups is 2. The van der Waals surface area contributed by atoms with E-state index in [1.807, 2.05) is 42.0 Å². The first-order chi connectivity index (χ1) is 16.0. The van der Waals surface area contributed by atoms with Crippen molar-refractivity contribution in [1.82, 2.24) is 9.88 Å². The van der Waals surface area contributed by atoms with Crippen LogP contribution in [0, 0.1) is 0 Å². The number of barbiturate groups is 1. The fourth-order valence-electron chi connectivity index (χ4n) is 3.50. The number of aromatic nitrogens is 1. The predicted molar refractivity (Wildman–Crippen MR) is 126 cm³/mol. The molecule has 0 aliphatic carbocycles. The van der Waals surface area contributed by atoms with Crippen LogP contribution in [0.3, 0.4) is 0 Å². The lowest BCUT2D eigenvalue weighted by molar-refractivity contribution is -0.122. The molecule has 0 spiro atoms. The summed E-state index contributed by atoms with van der Waals surface area (Å²) in [6, 6.07) is 17.1. The number of aryl methyl sites for hydroxylation is 1. The fraction of sp³-hybridized carbons (Fsp3) is 0.160. The van der Waals surface area contributed by atoms with Gasteiger partial charge in [-0.05, 0) is 54.5 Å². The number of ether oxygens (including phenoxy) is 1. The van der Waals surface area contributed by atoms with E-state index in [1.165, 1.54) is 6.08 Å². The number of hydrogen-bond donors (Lipinski definition) is 1. The van der Waals surface area contributed by atoms with E-state index in [0.717, 1.165) is 16.9 Å². The van der Waals surface area contributed by atoms with Crippen molar-refractivity contribution < 1.29 is 19.1 Å². The molecule has 1 fully saturated rings. The zero-order chi connectivity index (χ0) is 23.4. The van der Waals surface area contributed by atoms with Crippen LogP contribution in [0.4, 0.5) is 10.5 Å². The Kier molecular flexibility index (Phi) is 6.60. The Morgan fingerprint density at radius 1 is 1.00 bits per heavy atom. The summed E-state index contributed by atoms with van der Waals surface area (Å²) in [5, 5.41) is 2.77. The van der Waals surface area contributed by atoms with Gasteiger partial charge >= 0.3 is 6.03 Å². The van der Waals surface area contributed by atoms with E-state index in [2.05, 4.69) is 5.32 Å². The van der Waals surface area contributed by atoms with Gasteiger partial charge in [0, 0.05) is 11.9 Å². The minimum atomic E-state index is -0.769. The highest BCUT2D eigenvalue weighted by Gasteiger charge is 2.36. The van der Waals surface area contributed by atoms with Gasteiger partial charge in [0.15, 0.2) is 0 Å². The second-order valence-corrected chi connectivity index (χ2v) is 7.79. The smallest absolute Gasteiger partial charge is 0.335 e. The number of rotatable bonds is 7. The number of carbonyl (C=O) groups excluding carboxylic acids is 3. The molecule has 1 aliphatic rings. The molecule has 1 saturated heterocycles. The molecule has 0 saturated carbocycles. The minimum absolute atomic E-state index is 0.124. The van der Waals surface area contributed by atoms with E-state index in [0.29, 0.717) is 35.3 Å². The number of nitrogens with one attached hydrogen (secondary N) is 1. The molecule has 4 amide bonds. The van der Waals surface area contributed by atoms with E-state index >= 15 is 0 Å². The van der Waals surface area contributed by atoms with Gasteiger partial charge in [0.05, 0.1) is 17.3 Å². The molecule has 0 radical (unpaired) electrons. The molecule has 7 nitrogen and oxygen atoms in total. The van der Waals surface area contributed by atoms with E-state index in [4.69, 9.17) is 16.3 Å². The molecule has 1 N–H and O–H groups in total. The van der Waals surface area contributed by atoms with Crippen molar-refractivity contribution in [2.45, 2.75) is 19.9 Å². The first kappa shape index (κ1) is 22.4. The molecule has 0 atom stereocenters. The number of anilines is 1. The van der Waals surface area contributed by atoms with E-state index in [-0.39, 0.29) is 5.57 Å². The Labute approximate surface area is 196 Å². The number of carbonyl (C=O) groups is 3. The summed E-state index contributed by atoms with van der Waals surface area (Å²) in [5.74, 6) is -0.823. The Balaban J connectivity index is 1.53. The average molecular weight is 464 g/mol. The second kappa shape index (κ2) is 9.75. The summed E-state index contributed by atoms with van der Waals surface area (Å²) in [5.41, 5.74) is 1.98. The molecular formula is C25H22ClN3O4. The zero-order valence-corrected chi connectivity index (χ0v) is 18.7. The van der Waals surface area contributed by atoms with Crippen LogP contribution in [0.1, 0.15) is 18.2 Å². The van der Waals surface area contributed by atoms with Crippen molar-refractivity contribution in [3.63, 3.8) is 0 Å². The van der Waals surface area contributed by atoms with Crippen LogP contribution < -0.4 is 15.0 Å². The molecule has 2 heterocycles. The number of benzene rings is 2. The van der Waals surface area contributed by atoms with Gasteiger partial charge in [-0.1, -0.05) is 42.8 Å². The number of amides is 4. The van der Waals surface area contributed by atoms with Crippen LogP contribution >= 0.6 is 11.6 Å². The van der Waals surface area contributed by atoms with Crippen molar-refractivity contribution >= 4 is 41.2 Å². The zero-order valence-electron chi connectivity index (χ0n) is 18.0. The molecular weight excluding hydrogens is 442 g/mol. The Morgan fingerprint density at radius 2 is 1.76 bits per heavy atom. The van der Waals surface area contributed by atoms with Crippen molar-refractivity contribution in [3.8, 4) is 5.75 Å². The molecule has 168 valence electrons. The first-order valence-corrected chi connectivity index (χ1v) is 10.9. The molecule has 0 bridgehead atoms. The van der Waals surface area contributed by atoms with Crippen LogP contribution in [0.25, 0.3) is 6.08 Å². The lowest BCUT2D eigenvalue weighted by atomic mass is 10.1. The molecule has 33 heavy (non-hydrogen) atoms. The predicted octanol–water partition coefficient (Wildman–Crippen LogP) is 4.45. The summed E-state index contributed by atoms with van der Waals surface area (Å²) >= 11 is 6.11. The maximum atomic E-state index is 13.1. The molecule has 1 aromatic heterocycles. The normalized spacial score (nSPS) is 15.2. The van der Waals surface area contributed by atoms with Gasteiger partial charge in [0.1, 0.15) is 17.9 Å². The molecule has 0 unspecified atom stereocenters. The highest BCUT2D eigenvalue weighted by Crippen LogP contribution is 2.24. The van der Waals surface area contributed by atoms with Gasteiger partial charge in [-0.25, -0.2) is 9.69 Å². The average Bonchev–Trinajstić information content (AvgIpc) is 3.25. The van der Waals surface area contributed by atoms with E-state index < -0.39 is 17.8 Å². The Morgan fingerprint density at radius 3 is 2.48 bits per heavy atom. The van der Waals surface area contributed by atoms with Gasteiger partial charge in [-0.2, -0.15) is 0 Å².